The third-order valence-corrected chi connectivity index (χ3v) is 5.00. The summed E-state index contributed by atoms with van der Waals surface area (Å²) < 4.78 is 10.9. The smallest absolute Gasteiger partial charge is 0.338 e. The molecule has 0 saturated carbocycles. The van der Waals surface area contributed by atoms with Gasteiger partial charge in [0.1, 0.15) is 12.4 Å². The fourth-order valence-electron chi connectivity index (χ4n) is 3.47. The molecule has 1 heterocycles. The molecule has 0 bridgehead atoms. The molecule has 3 aromatic carbocycles. The van der Waals surface area contributed by atoms with Crippen molar-refractivity contribution >= 4 is 17.7 Å². The van der Waals surface area contributed by atoms with E-state index in [0.717, 1.165) is 16.7 Å². The number of methoxy groups -OCH3 is 1. The van der Waals surface area contributed by atoms with Crippen LogP contribution >= 0.6 is 0 Å². The lowest BCUT2D eigenvalue weighted by atomic mass is 9.92. The average Bonchev–Trinajstić information content (AvgIpc) is 2.83. The minimum atomic E-state index is -0.653. The van der Waals surface area contributed by atoms with Crippen LogP contribution in [0.25, 0.3) is 5.70 Å². The Morgan fingerprint density at radius 3 is 2.19 bits per heavy atom. The molecule has 6 heteroatoms. The summed E-state index contributed by atoms with van der Waals surface area (Å²) in [5.41, 5.74) is 3.32. The van der Waals surface area contributed by atoms with Crippen molar-refractivity contribution in [3.8, 4) is 5.75 Å². The van der Waals surface area contributed by atoms with Crippen LogP contribution in [0.1, 0.15) is 22.7 Å². The summed E-state index contributed by atoms with van der Waals surface area (Å²) in [6.45, 7) is 0.454. The van der Waals surface area contributed by atoms with E-state index >= 15 is 0 Å². The molecule has 0 fully saturated rings. The van der Waals surface area contributed by atoms with Crippen molar-refractivity contribution in [1.82, 2.24) is 10.6 Å². The van der Waals surface area contributed by atoms with Crippen molar-refractivity contribution in [1.29, 1.82) is 0 Å². The number of amides is 2. The molecule has 4 rings (SSSR count). The number of hydrogen-bond acceptors (Lipinski definition) is 4. The van der Waals surface area contributed by atoms with Crippen molar-refractivity contribution < 1.29 is 19.1 Å². The molecule has 0 radical (unpaired) electrons. The predicted octanol–water partition coefficient (Wildman–Crippen LogP) is 4.20. The molecule has 6 nitrogen and oxygen atoms in total. The second-order valence-electron chi connectivity index (χ2n) is 7.02. The number of urea groups is 1. The summed E-state index contributed by atoms with van der Waals surface area (Å²) in [4.78, 5) is 25.1. The Morgan fingerprint density at radius 1 is 0.903 bits per heavy atom. The fraction of sp³-hybridized carbons (Fsp3) is 0.120. The maximum Gasteiger partial charge on any atom is 0.338 e. The Morgan fingerprint density at radius 2 is 1.55 bits per heavy atom. The van der Waals surface area contributed by atoms with E-state index in [2.05, 4.69) is 10.6 Å². The topological polar surface area (TPSA) is 76.7 Å². The number of rotatable bonds is 6. The zero-order valence-corrected chi connectivity index (χ0v) is 17.0. The van der Waals surface area contributed by atoms with Gasteiger partial charge in [0.05, 0.1) is 24.4 Å². The summed E-state index contributed by atoms with van der Waals surface area (Å²) in [5, 5.41) is 5.58. The monoisotopic (exact) mass is 414 g/mol. The number of carbonyl (C=O) groups excluding carboxylic acids is 2. The largest absolute Gasteiger partial charge is 0.489 e. The Balaban J connectivity index is 1.63. The second kappa shape index (κ2) is 9.17. The van der Waals surface area contributed by atoms with Gasteiger partial charge >= 0.3 is 12.0 Å². The average molecular weight is 414 g/mol. The van der Waals surface area contributed by atoms with Gasteiger partial charge in [-0.2, -0.15) is 0 Å². The SMILES string of the molecule is COC(=O)C1=C(c2ccccc2)NC(=O)NC1c1ccc(OCc2ccccc2)cc1. The van der Waals surface area contributed by atoms with Crippen LogP contribution in [0, 0.1) is 0 Å². The normalized spacial score (nSPS) is 15.6. The lowest BCUT2D eigenvalue weighted by Crippen LogP contribution is -2.45. The van der Waals surface area contributed by atoms with E-state index in [4.69, 9.17) is 9.47 Å². The molecule has 0 aromatic heterocycles. The highest BCUT2D eigenvalue weighted by Crippen LogP contribution is 2.32. The van der Waals surface area contributed by atoms with Gasteiger partial charge in [0.2, 0.25) is 0 Å². The second-order valence-corrected chi connectivity index (χ2v) is 7.02. The van der Waals surface area contributed by atoms with Crippen LogP contribution in [-0.4, -0.2) is 19.1 Å². The quantitative estimate of drug-likeness (QED) is 0.593. The summed E-state index contributed by atoms with van der Waals surface area (Å²) in [6, 6.07) is 25.4. The summed E-state index contributed by atoms with van der Waals surface area (Å²) in [7, 11) is 1.33. The van der Waals surface area contributed by atoms with Crippen molar-refractivity contribution in [2.24, 2.45) is 0 Å². The van der Waals surface area contributed by atoms with Crippen LogP contribution in [0.2, 0.25) is 0 Å². The van der Waals surface area contributed by atoms with Crippen molar-refractivity contribution in [3.63, 3.8) is 0 Å². The highest BCUT2D eigenvalue weighted by Gasteiger charge is 2.34. The Bertz CT molecular complexity index is 1090. The number of benzene rings is 3. The summed E-state index contributed by atoms with van der Waals surface area (Å²) in [5.74, 6) is 0.181. The zero-order valence-electron chi connectivity index (χ0n) is 17.0. The maximum absolute atomic E-state index is 12.7. The van der Waals surface area contributed by atoms with Gasteiger partial charge in [-0.25, -0.2) is 9.59 Å². The Kier molecular flexibility index (Phi) is 5.98. The van der Waals surface area contributed by atoms with E-state index in [-0.39, 0.29) is 6.03 Å². The number of esters is 1. The van der Waals surface area contributed by atoms with Gasteiger partial charge < -0.3 is 20.1 Å². The van der Waals surface area contributed by atoms with Crippen LogP contribution < -0.4 is 15.4 Å². The Labute approximate surface area is 180 Å². The van der Waals surface area contributed by atoms with Crippen molar-refractivity contribution in [2.75, 3.05) is 7.11 Å². The van der Waals surface area contributed by atoms with E-state index in [1.165, 1.54) is 7.11 Å². The molecule has 0 spiro atoms. The van der Waals surface area contributed by atoms with Gasteiger partial charge in [-0.3, -0.25) is 0 Å². The van der Waals surface area contributed by atoms with Crippen LogP contribution in [0.4, 0.5) is 4.79 Å². The number of hydrogen-bond donors (Lipinski definition) is 2. The summed E-state index contributed by atoms with van der Waals surface area (Å²) in [6.07, 6.45) is 0. The number of carbonyl (C=O) groups is 2. The third kappa shape index (κ3) is 4.59. The highest BCUT2D eigenvalue weighted by atomic mass is 16.5. The maximum atomic E-state index is 12.7. The molecule has 2 N–H and O–H groups in total. The first kappa shape index (κ1) is 20.2. The molecular weight excluding hydrogens is 392 g/mol. The van der Waals surface area contributed by atoms with E-state index in [0.29, 0.717) is 23.6 Å². The number of nitrogens with one attached hydrogen (secondary N) is 2. The standard InChI is InChI=1S/C25H22N2O4/c1-30-24(28)21-22(18-10-6-3-7-11-18)26-25(29)27-23(21)19-12-14-20(15-13-19)31-16-17-8-4-2-5-9-17/h2-15,23H,16H2,1H3,(H2,26,27,29). The van der Waals surface area contributed by atoms with Crippen LogP contribution in [0.5, 0.6) is 5.75 Å². The first-order valence-electron chi connectivity index (χ1n) is 9.88. The zero-order chi connectivity index (χ0) is 21.6. The molecule has 0 aliphatic carbocycles. The molecule has 31 heavy (non-hydrogen) atoms. The third-order valence-electron chi connectivity index (χ3n) is 5.00. The molecule has 156 valence electrons. The first-order valence-corrected chi connectivity index (χ1v) is 9.88. The van der Waals surface area contributed by atoms with Gasteiger partial charge in [-0.05, 0) is 28.8 Å². The van der Waals surface area contributed by atoms with E-state index < -0.39 is 12.0 Å². The molecule has 1 atom stereocenters. The van der Waals surface area contributed by atoms with Gasteiger partial charge in [0, 0.05) is 0 Å². The van der Waals surface area contributed by atoms with E-state index in [1.54, 1.807) is 0 Å². The van der Waals surface area contributed by atoms with Gasteiger partial charge in [0.15, 0.2) is 0 Å². The minimum Gasteiger partial charge on any atom is -0.489 e. The highest BCUT2D eigenvalue weighted by molar-refractivity contribution is 6.04. The van der Waals surface area contributed by atoms with Crippen molar-refractivity contribution in [3.05, 3.63) is 107 Å². The van der Waals surface area contributed by atoms with E-state index in [1.807, 2.05) is 84.9 Å². The Hall–Kier alpha value is -4.06. The molecule has 2 amide bonds. The summed E-state index contributed by atoms with van der Waals surface area (Å²) >= 11 is 0. The van der Waals surface area contributed by atoms with Crippen LogP contribution in [-0.2, 0) is 16.1 Å². The lowest BCUT2D eigenvalue weighted by molar-refractivity contribution is -0.136. The molecular formula is C25H22N2O4. The van der Waals surface area contributed by atoms with Gasteiger partial charge in [-0.1, -0.05) is 72.8 Å². The molecule has 0 saturated heterocycles. The fourth-order valence-corrected chi connectivity index (χ4v) is 3.47. The molecule has 3 aromatic rings. The number of ether oxygens (including phenoxy) is 2. The lowest BCUT2D eigenvalue weighted by Gasteiger charge is -2.29. The molecule has 1 aliphatic rings. The molecule has 1 unspecified atom stereocenters. The van der Waals surface area contributed by atoms with Crippen LogP contribution in [0.15, 0.2) is 90.5 Å². The predicted molar refractivity (Wildman–Crippen MR) is 117 cm³/mol. The minimum absolute atomic E-state index is 0.339. The van der Waals surface area contributed by atoms with Gasteiger partial charge in [-0.15, -0.1) is 0 Å². The van der Waals surface area contributed by atoms with Gasteiger partial charge in [0.25, 0.3) is 0 Å². The first-order chi connectivity index (χ1) is 15.2. The molecule has 1 aliphatic heterocycles. The van der Waals surface area contributed by atoms with E-state index in [9.17, 15) is 9.59 Å². The van der Waals surface area contributed by atoms with Crippen molar-refractivity contribution in [2.45, 2.75) is 12.6 Å². The van der Waals surface area contributed by atoms with Crippen LogP contribution in [0.3, 0.4) is 0 Å².